The lowest BCUT2D eigenvalue weighted by Crippen LogP contribution is -2.27. The highest BCUT2D eigenvalue weighted by Crippen LogP contribution is 2.21. The quantitative estimate of drug-likeness (QED) is 0.413. The van der Waals surface area contributed by atoms with Gasteiger partial charge in [-0.15, -0.1) is 0 Å². The minimum atomic E-state index is -0.477. The van der Waals surface area contributed by atoms with Crippen molar-refractivity contribution in [3.8, 4) is 11.8 Å². The summed E-state index contributed by atoms with van der Waals surface area (Å²) in [7, 11) is 0. The molecule has 32 heavy (non-hydrogen) atoms. The molecule has 3 N–H and O–H groups in total. The van der Waals surface area contributed by atoms with E-state index < -0.39 is 5.76 Å². The fourth-order valence-corrected chi connectivity index (χ4v) is 3.55. The normalized spacial score (nSPS) is 10.8. The van der Waals surface area contributed by atoms with E-state index in [0.717, 1.165) is 5.69 Å². The highest BCUT2D eigenvalue weighted by Gasteiger charge is 2.16. The molecule has 0 aliphatic rings. The van der Waals surface area contributed by atoms with E-state index in [0.29, 0.717) is 47.6 Å². The summed E-state index contributed by atoms with van der Waals surface area (Å²) in [4.78, 5) is 24.2. The van der Waals surface area contributed by atoms with Crippen LogP contribution in [0.4, 0.5) is 5.82 Å². The van der Waals surface area contributed by atoms with Crippen LogP contribution in [0.25, 0.3) is 16.8 Å². The first kappa shape index (κ1) is 20.9. The van der Waals surface area contributed by atoms with Crippen molar-refractivity contribution in [3.63, 3.8) is 0 Å². The van der Waals surface area contributed by atoms with Crippen LogP contribution in [0, 0.1) is 11.3 Å². The number of anilines is 1. The van der Waals surface area contributed by atoms with Gasteiger partial charge in [0.05, 0.1) is 16.9 Å². The van der Waals surface area contributed by atoms with Crippen molar-refractivity contribution in [2.45, 2.75) is 25.8 Å². The topological polar surface area (TPSA) is 132 Å². The third-order valence-corrected chi connectivity index (χ3v) is 5.15. The van der Waals surface area contributed by atoms with E-state index in [9.17, 15) is 14.9 Å². The number of nitriles is 1. The second-order valence-corrected chi connectivity index (χ2v) is 7.26. The summed E-state index contributed by atoms with van der Waals surface area (Å²) < 4.78 is 8.18. The number of para-hydroxylation sites is 3. The number of carbonyl (C=O) groups is 1. The van der Waals surface area contributed by atoms with Gasteiger partial charge in [0.2, 0.25) is 5.91 Å². The maximum atomic E-state index is 12.2. The largest absolute Gasteiger partial charge is 0.419 e. The Morgan fingerprint density at radius 2 is 1.91 bits per heavy atom. The summed E-state index contributed by atoms with van der Waals surface area (Å²) in [6.07, 6.45) is 1.25. The molecule has 0 atom stereocenters. The molecule has 0 aliphatic heterocycles. The van der Waals surface area contributed by atoms with E-state index >= 15 is 0 Å². The summed E-state index contributed by atoms with van der Waals surface area (Å²) in [6.45, 7) is 0.654. The first-order valence-electron chi connectivity index (χ1n) is 10.3. The minimum Gasteiger partial charge on any atom is -0.408 e. The number of rotatable bonds is 8. The van der Waals surface area contributed by atoms with Gasteiger partial charge in [-0.2, -0.15) is 10.4 Å². The average Bonchev–Trinajstić information content (AvgIpc) is 3.31. The van der Waals surface area contributed by atoms with Gasteiger partial charge in [-0.1, -0.05) is 30.3 Å². The van der Waals surface area contributed by atoms with Crippen LogP contribution in [0.2, 0.25) is 0 Å². The Hall–Kier alpha value is -4.32. The van der Waals surface area contributed by atoms with Crippen LogP contribution >= 0.6 is 0 Å². The molecule has 0 radical (unpaired) electrons. The zero-order chi connectivity index (χ0) is 22.5. The zero-order valence-electron chi connectivity index (χ0n) is 17.3. The molecule has 0 bridgehead atoms. The maximum absolute atomic E-state index is 12.2. The van der Waals surface area contributed by atoms with E-state index in [1.807, 2.05) is 36.4 Å². The molecule has 9 nitrogen and oxygen atoms in total. The number of amides is 1. The van der Waals surface area contributed by atoms with Gasteiger partial charge in [0.15, 0.2) is 5.58 Å². The zero-order valence-corrected chi connectivity index (χ0v) is 17.3. The molecular formula is C23H22N6O3. The molecule has 4 rings (SSSR count). The predicted molar refractivity (Wildman–Crippen MR) is 119 cm³/mol. The molecular weight excluding hydrogens is 408 g/mol. The van der Waals surface area contributed by atoms with Gasteiger partial charge in [-0.3, -0.25) is 9.36 Å². The highest BCUT2D eigenvalue weighted by molar-refractivity contribution is 5.76. The number of aromatic nitrogens is 3. The van der Waals surface area contributed by atoms with Crippen LogP contribution in [0.15, 0.2) is 63.8 Å². The molecule has 2 aromatic heterocycles. The van der Waals surface area contributed by atoms with Crippen molar-refractivity contribution in [2.75, 3.05) is 12.3 Å². The van der Waals surface area contributed by atoms with Gasteiger partial charge in [0.1, 0.15) is 17.5 Å². The SMILES string of the molecule is N#Cc1c(CCCNC(=O)CCn2c(=O)oc3ccccc32)nn(-c2ccccc2)c1N. The number of oxazole rings is 1. The van der Waals surface area contributed by atoms with Crippen molar-refractivity contribution in [3.05, 3.63) is 76.4 Å². The number of nitrogens with two attached hydrogens (primary N) is 1. The van der Waals surface area contributed by atoms with Gasteiger partial charge in [-0.05, 0) is 37.1 Å². The molecule has 0 spiro atoms. The number of hydrogen-bond donors (Lipinski definition) is 2. The third kappa shape index (κ3) is 4.25. The number of benzene rings is 2. The number of fused-ring (bicyclic) bond motifs is 1. The Balaban J connectivity index is 1.31. The second kappa shape index (κ2) is 9.22. The lowest BCUT2D eigenvalue weighted by atomic mass is 10.1. The van der Waals surface area contributed by atoms with Crippen LogP contribution in [0.1, 0.15) is 24.1 Å². The van der Waals surface area contributed by atoms with Crippen molar-refractivity contribution >= 4 is 22.8 Å². The monoisotopic (exact) mass is 430 g/mol. The molecule has 0 saturated carbocycles. The predicted octanol–water partition coefficient (Wildman–Crippen LogP) is 2.37. The van der Waals surface area contributed by atoms with Crippen LogP contribution < -0.4 is 16.8 Å². The van der Waals surface area contributed by atoms with Gasteiger partial charge < -0.3 is 15.5 Å². The van der Waals surface area contributed by atoms with Crippen LogP contribution in [-0.4, -0.2) is 26.8 Å². The summed E-state index contributed by atoms with van der Waals surface area (Å²) in [6, 6.07) is 18.6. The molecule has 0 saturated heterocycles. The summed E-state index contributed by atoms with van der Waals surface area (Å²) in [5.41, 5.74) is 9.01. The van der Waals surface area contributed by atoms with E-state index in [-0.39, 0.29) is 18.9 Å². The Morgan fingerprint density at radius 3 is 2.69 bits per heavy atom. The first-order chi connectivity index (χ1) is 15.6. The van der Waals surface area contributed by atoms with E-state index in [4.69, 9.17) is 10.2 Å². The molecule has 0 unspecified atom stereocenters. The Morgan fingerprint density at radius 1 is 1.16 bits per heavy atom. The van der Waals surface area contributed by atoms with Gasteiger partial charge >= 0.3 is 5.76 Å². The number of nitrogen functional groups attached to an aromatic ring is 1. The van der Waals surface area contributed by atoms with E-state index in [1.165, 1.54) is 4.57 Å². The van der Waals surface area contributed by atoms with Gasteiger partial charge in [0.25, 0.3) is 0 Å². The van der Waals surface area contributed by atoms with Crippen molar-refractivity contribution < 1.29 is 9.21 Å². The fourth-order valence-electron chi connectivity index (χ4n) is 3.55. The standard InChI is InChI=1S/C23H22N6O3/c24-15-17-18(27-29(22(17)25)16-7-2-1-3-8-16)9-6-13-26-21(30)12-14-28-19-10-4-5-11-20(19)32-23(28)31/h1-5,7-8,10-11H,6,9,12-14,25H2,(H,26,30). The molecule has 2 heterocycles. The second-order valence-electron chi connectivity index (χ2n) is 7.26. The van der Waals surface area contributed by atoms with Gasteiger partial charge in [0, 0.05) is 19.5 Å². The Bertz CT molecular complexity index is 1340. The smallest absolute Gasteiger partial charge is 0.408 e. The van der Waals surface area contributed by atoms with E-state index in [2.05, 4.69) is 16.5 Å². The molecule has 9 heteroatoms. The number of carbonyl (C=O) groups excluding carboxylic acids is 1. The average molecular weight is 430 g/mol. The first-order valence-corrected chi connectivity index (χ1v) is 10.3. The number of aryl methyl sites for hydroxylation is 2. The number of nitrogens with one attached hydrogen (secondary N) is 1. The number of hydrogen-bond acceptors (Lipinski definition) is 6. The summed E-state index contributed by atoms with van der Waals surface area (Å²) in [5.74, 6) is -0.345. The highest BCUT2D eigenvalue weighted by atomic mass is 16.4. The molecule has 0 fully saturated rings. The van der Waals surface area contributed by atoms with Crippen LogP contribution in [-0.2, 0) is 17.8 Å². The summed E-state index contributed by atoms with van der Waals surface area (Å²) >= 11 is 0. The number of nitrogens with zero attached hydrogens (tertiary/aromatic N) is 4. The molecule has 1 amide bonds. The molecule has 4 aromatic rings. The van der Waals surface area contributed by atoms with Crippen LogP contribution in [0.3, 0.4) is 0 Å². The van der Waals surface area contributed by atoms with Gasteiger partial charge in [-0.25, -0.2) is 9.48 Å². The lowest BCUT2D eigenvalue weighted by Gasteiger charge is -2.05. The third-order valence-electron chi connectivity index (χ3n) is 5.15. The van der Waals surface area contributed by atoms with Crippen molar-refractivity contribution in [1.82, 2.24) is 19.7 Å². The lowest BCUT2D eigenvalue weighted by molar-refractivity contribution is -0.121. The molecule has 0 aliphatic carbocycles. The fraction of sp³-hybridized carbons (Fsp3) is 0.217. The minimum absolute atomic E-state index is 0.155. The van der Waals surface area contributed by atoms with Crippen molar-refractivity contribution in [2.24, 2.45) is 0 Å². The molecule has 2 aromatic carbocycles. The molecule has 162 valence electrons. The Labute approximate surface area is 183 Å². The van der Waals surface area contributed by atoms with Crippen molar-refractivity contribution in [1.29, 1.82) is 5.26 Å². The van der Waals surface area contributed by atoms with E-state index in [1.54, 1.807) is 22.9 Å². The Kier molecular flexibility index (Phi) is 6.03. The maximum Gasteiger partial charge on any atom is 0.419 e. The van der Waals surface area contributed by atoms with Crippen LogP contribution in [0.5, 0.6) is 0 Å². The summed E-state index contributed by atoms with van der Waals surface area (Å²) in [5, 5.41) is 16.8.